The number of carbonyl (C=O) groups is 1. The highest BCUT2D eigenvalue weighted by Crippen LogP contribution is 2.34. The molecule has 1 aromatic carbocycles. The standard InChI is InChI=1S/C15H21F3N2O/c1-2-3-6-10-19-11-9-14(21)20-13-8-5-4-7-12(13)15(16,17)18/h4-5,7-8,19H,2-3,6,9-11H2,1H3,(H,20,21). The highest BCUT2D eigenvalue weighted by molar-refractivity contribution is 5.91. The number of anilines is 1. The number of alkyl halides is 3. The number of hydrogen-bond acceptors (Lipinski definition) is 2. The topological polar surface area (TPSA) is 41.1 Å². The molecule has 0 radical (unpaired) electrons. The summed E-state index contributed by atoms with van der Waals surface area (Å²) < 4.78 is 38.3. The number of unbranched alkanes of at least 4 members (excludes halogenated alkanes) is 2. The van der Waals surface area contributed by atoms with Crippen molar-refractivity contribution in [1.82, 2.24) is 5.32 Å². The third kappa shape index (κ3) is 6.62. The van der Waals surface area contributed by atoms with Crippen molar-refractivity contribution in [2.75, 3.05) is 18.4 Å². The predicted molar refractivity (Wildman–Crippen MR) is 77.1 cm³/mol. The van der Waals surface area contributed by atoms with E-state index in [4.69, 9.17) is 0 Å². The van der Waals surface area contributed by atoms with Crippen LogP contribution in [0.4, 0.5) is 18.9 Å². The molecule has 0 spiro atoms. The summed E-state index contributed by atoms with van der Waals surface area (Å²) in [5.74, 6) is -0.422. The molecule has 0 bridgehead atoms. The van der Waals surface area contributed by atoms with Gasteiger partial charge in [-0.1, -0.05) is 31.9 Å². The maximum absolute atomic E-state index is 12.8. The van der Waals surface area contributed by atoms with Gasteiger partial charge in [0.2, 0.25) is 5.91 Å². The molecule has 118 valence electrons. The Bertz CT molecular complexity index is 447. The van der Waals surface area contributed by atoms with Crippen LogP contribution in [-0.2, 0) is 11.0 Å². The maximum atomic E-state index is 12.8. The van der Waals surface area contributed by atoms with Crippen molar-refractivity contribution in [2.24, 2.45) is 0 Å². The molecule has 0 aliphatic heterocycles. The van der Waals surface area contributed by atoms with Gasteiger partial charge < -0.3 is 10.6 Å². The highest BCUT2D eigenvalue weighted by atomic mass is 19.4. The Morgan fingerprint density at radius 2 is 1.86 bits per heavy atom. The zero-order valence-electron chi connectivity index (χ0n) is 12.1. The van der Waals surface area contributed by atoms with Crippen molar-refractivity contribution >= 4 is 11.6 Å². The van der Waals surface area contributed by atoms with E-state index >= 15 is 0 Å². The molecule has 1 amide bonds. The Kier molecular flexibility index (Phi) is 7.22. The van der Waals surface area contributed by atoms with E-state index in [1.807, 2.05) is 0 Å². The molecule has 0 saturated heterocycles. The van der Waals surface area contributed by atoms with E-state index in [-0.39, 0.29) is 12.1 Å². The molecule has 2 N–H and O–H groups in total. The average Bonchev–Trinajstić information content (AvgIpc) is 2.42. The van der Waals surface area contributed by atoms with Crippen molar-refractivity contribution in [3.8, 4) is 0 Å². The second-order valence-electron chi connectivity index (χ2n) is 4.80. The van der Waals surface area contributed by atoms with Gasteiger partial charge in [0, 0.05) is 13.0 Å². The third-order valence-corrected chi connectivity index (χ3v) is 2.99. The molecule has 0 saturated carbocycles. The van der Waals surface area contributed by atoms with E-state index in [9.17, 15) is 18.0 Å². The van der Waals surface area contributed by atoms with Crippen LogP contribution >= 0.6 is 0 Å². The fourth-order valence-electron chi connectivity index (χ4n) is 1.88. The van der Waals surface area contributed by atoms with E-state index in [1.54, 1.807) is 0 Å². The molecule has 6 heteroatoms. The van der Waals surface area contributed by atoms with Gasteiger partial charge in [0.1, 0.15) is 0 Å². The first-order chi connectivity index (χ1) is 9.95. The van der Waals surface area contributed by atoms with Gasteiger partial charge in [-0.15, -0.1) is 0 Å². The number of amides is 1. The number of halogens is 3. The fourth-order valence-corrected chi connectivity index (χ4v) is 1.88. The second kappa shape index (κ2) is 8.67. The number of para-hydroxylation sites is 1. The van der Waals surface area contributed by atoms with Crippen LogP contribution in [0.15, 0.2) is 24.3 Å². The Morgan fingerprint density at radius 3 is 2.52 bits per heavy atom. The Morgan fingerprint density at radius 1 is 1.14 bits per heavy atom. The van der Waals surface area contributed by atoms with Crippen LogP contribution in [0.3, 0.4) is 0 Å². The summed E-state index contributed by atoms with van der Waals surface area (Å²) in [6.45, 7) is 3.38. The molecule has 3 nitrogen and oxygen atoms in total. The van der Waals surface area contributed by atoms with Gasteiger partial charge in [0.05, 0.1) is 11.3 Å². The zero-order chi connectivity index (χ0) is 15.7. The molecule has 0 aliphatic rings. The van der Waals surface area contributed by atoms with Crippen LogP contribution in [0.25, 0.3) is 0 Å². The summed E-state index contributed by atoms with van der Waals surface area (Å²) in [5.41, 5.74) is -1.02. The lowest BCUT2D eigenvalue weighted by molar-refractivity contribution is -0.137. The summed E-state index contributed by atoms with van der Waals surface area (Å²) >= 11 is 0. The number of rotatable bonds is 8. The van der Waals surface area contributed by atoms with Crippen LogP contribution in [0.5, 0.6) is 0 Å². The Labute approximate surface area is 122 Å². The molecule has 0 aromatic heterocycles. The third-order valence-electron chi connectivity index (χ3n) is 2.99. The quantitative estimate of drug-likeness (QED) is 0.717. The number of carbonyl (C=O) groups excluding carboxylic acids is 1. The number of nitrogens with one attached hydrogen (secondary N) is 2. The summed E-state index contributed by atoms with van der Waals surface area (Å²) in [6, 6.07) is 4.98. The number of hydrogen-bond donors (Lipinski definition) is 2. The lowest BCUT2D eigenvalue weighted by Crippen LogP contribution is -2.23. The molecule has 0 heterocycles. The molecule has 0 atom stereocenters. The average molecular weight is 302 g/mol. The van der Waals surface area contributed by atoms with Crippen molar-refractivity contribution < 1.29 is 18.0 Å². The number of benzene rings is 1. The fraction of sp³-hybridized carbons (Fsp3) is 0.533. The highest BCUT2D eigenvalue weighted by Gasteiger charge is 2.33. The van der Waals surface area contributed by atoms with Crippen molar-refractivity contribution in [1.29, 1.82) is 0 Å². The van der Waals surface area contributed by atoms with E-state index in [0.29, 0.717) is 6.54 Å². The van der Waals surface area contributed by atoms with Crippen molar-refractivity contribution in [2.45, 2.75) is 38.8 Å². The SMILES string of the molecule is CCCCCNCCC(=O)Nc1ccccc1C(F)(F)F. The van der Waals surface area contributed by atoms with Gasteiger partial charge in [-0.3, -0.25) is 4.79 Å². The van der Waals surface area contributed by atoms with Gasteiger partial charge in [-0.2, -0.15) is 13.2 Å². The molecule has 1 rings (SSSR count). The second-order valence-corrected chi connectivity index (χ2v) is 4.80. The van der Waals surface area contributed by atoms with Crippen LogP contribution in [0, 0.1) is 0 Å². The molecular formula is C15H21F3N2O. The minimum absolute atomic E-state index is 0.151. The van der Waals surface area contributed by atoms with Gasteiger partial charge in [0.25, 0.3) is 0 Å². The summed E-state index contributed by atoms with van der Waals surface area (Å²) in [4.78, 5) is 11.7. The van der Waals surface area contributed by atoms with Gasteiger partial charge in [-0.25, -0.2) is 0 Å². The normalized spacial score (nSPS) is 11.4. The van der Waals surface area contributed by atoms with Gasteiger partial charge in [-0.05, 0) is 25.1 Å². The lowest BCUT2D eigenvalue weighted by atomic mass is 10.1. The van der Waals surface area contributed by atoms with Crippen molar-refractivity contribution in [3.63, 3.8) is 0 Å². The molecule has 1 aromatic rings. The largest absolute Gasteiger partial charge is 0.418 e. The first kappa shape index (κ1) is 17.5. The lowest BCUT2D eigenvalue weighted by Gasteiger charge is -2.13. The smallest absolute Gasteiger partial charge is 0.325 e. The van der Waals surface area contributed by atoms with E-state index < -0.39 is 17.6 Å². The summed E-state index contributed by atoms with van der Waals surface area (Å²) in [7, 11) is 0. The Hall–Kier alpha value is -1.56. The Balaban J connectivity index is 2.42. The van der Waals surface area contributed by atoms with Crippen LogP contribution in [-0.4, -0.2) is 19.0 Å². The van der Waals surface area contributed by atoms with Crippen LogP contribution < -0.4 is 10.6 Å². The first-order valence-corrected chi connectivity index (χ1v) is 7.12. The summed E-state index contributed by atoms with van der Waals surface area (Å²) in [6.07, 6.45) is -1.04. The molecule has 0 unspecified atom stereocenters. The van der Waals surface area contributed by atoms with E-state index in [2.05, 4.69) is 17.6 Å². The van der Waals surface area contributed by atoms with Crippen LogP contribution in [0.2, 0.25) is 0 Å². The molecule has 0 aliphatic carbocycles. The van der Waals surface area contributed by atoms with Crippen LogP contribution in [0.1, 0.15) is 38.2 Å². The van der Waals surface area contributed by atoms with Gasteiger partial charge in [0.15, 0.2) is 0 Å². The maximum Gasteiger partial charge on any atom is 0.418 e. The first-order valence-electron chi connectivity index (χ1n) is 7.12. The molecule has 21 heavy (non-hydrogen) atoms. The van der Waals surface area contributed by atoms with E-state index in [1.165, 1.54) is 18.2 Å². The van der Waals surface area contributed by atoms with E-state index in [0.717, 1.165) is 31.9 Å². The molecular weight excluding hydrogens is 281 g/mol. The van der Waals surface area contributed by atoms with Gasteiger partial charge >= 0.3 is 6.18 Å². The van der Waals surface area contributed by atoms with Crippen molar-refractivity contribution in [3.05, 3.63) is 29.8 Å². The monoisotopic (exact) mass is 302 g/mol. The predicted octanol–water partition coefficient (Wildman–Crippen LogP) is 3.81. The summed E-state index contributed by atoms with van der Waals surface area (Å²) in [5, 5.41) is 5.42. The zero-order valence-corrected chi connectivity index (χ0v) is 12.1. The molecule has 0 fully saturated rings. The minimum atomic E-state index is -4.47. The minimum Gasteiger partial charge on any atom is -0.325 e.